The predicted octanol–water partition coefficient (Wildman–Crippen LogP) is 3.50. The number of hydrogen-bond acceptors (Lipinski definition) is 3. The molecule has 3 atom stereocenters. The second-order valence-corrected chi connectivity index (χ2v) is 7.42. The largest absolute Gasteiger partial charge is 0.389 e. The molecule has 3 nitrogen and oxygen atoms in total. The minimum Gasteiger partial charge on any atom is -0.389 e. The first kappa shape index (κ1) is 17.2. The molecule has 2 fully saturated rings. The van der Waals surface area contributed by atoms with E-state index < -0.39 is 0 Å². The van der Waals surface area contributed by atoms with E-state index in [9.17, 15) is 5.11 Å². The van der Waals surface area contributed by atoms with E-state index in [4.69, 9.17) is 4.74 Å². The molecule has 2 N–H and O–H groups in total. The average Bonchev–Trinajstić information content (AvgIpc) is 2.51. The third kappa shape index (κ3) is 6.25. The molecular weight excluding hydrogens is 262 g/mol. The molecular formula is C18H35NO2. The Morgan fingerprint density at radius 1 is 1.14 bits per heavy atom. The van der Waals surface area contributed by atoms with Crippen molar-refractivity contribution in [2.24, 2.45) is 11.8 Å². The number of aliphatic hydroxyl groups is 1. The van der Waals surface area contributed by atoms with Gasteiger partial charge in [-0.1, -0.05) is 33.1 Å². The van der Waals surface area contributed by atoms with Gasteiger partial charge < -0.3 is 15.2 Å². The molecule has 0 radical (unpaired) electrons. The number of hydrogen-bond donors (Lipinski definition) is 2. The van der Waals surface area contributed by atoms with Crippen molar-refractivity contribution in [3.63, 3.8) is 0 Å². The van der Waals surface area contributed by atoms with Gasteiger partial charge >= 0.3 is 0 Å². The van der Waals surface area contributed by atoms with Gasteiger partial charge in [-0.3, -0.25) is 0 Å². The molecule has 21 heavy (non-hydrogen) atoms. The topological polar surface area (TPSA) is 41.5 Å². The summed E-state index contributed by atoms with van der Waals surface area (Å²) in [6, 6.07) is 0.608. The Labute approximate surface area is 130 Å². The predicted molar refractivity (Wildman–Crippen MR) is 87.4 cm³/mol. The SMILES string of the molecule is CCC1CCC(NCC(O)COC2CCCC(C)C2)CC1. The van der Waals surface area contributed by atoms with Crippen LogP contribution < -0.4 is 5.32 Å². The Balaban J connectivity index is 1.54. The summed E-state index contributed by atoms with van der Waals surface area (Å²) in [5.41, 5.74) is 0. The molecule has 0 aromatic rings. The fourth-order valence-electron chi connectivity index (χ4n) is 3.91. The lowest BCUT2D eigenvalue weighted by atomic mass is 9.84. The van der Waals surface area contributed by atoms with E-state index >= 15 is 0 Å². The number of ether oxygens (including phenoxy) is 1. The van der Waals surface area contributed by atoms with Gasteiger partial charge in [0.25, 0.3) is 0 Å². The Kier molecular flexibility index (Phi) is 7.48. The number of rotatable bonds is 7. The van der Waals surface area contributed by atoms with Crippen molar-refractivity contribution in [1.82, 2.24) is 5.32 Å². The van der Waals surface area contributed by atoms with Crippen molar-refractivity contribution in [3.8, 4) is 0 Å². The van der Waals surface area contributed by atoms with Crippen LogP contribution in [0.3, 0.4) is 0 Å². The van der Waals surface area contributed by atoms with Crippen LogP contribution in [0.25, 0.3) is 0 Å². The lowest BCUT2D eigenvalue weighted by Crippen LogP contribution is -2.40. The van der Waals surface area contributed by atoms with E-state index in [0.29, 0.717) is 25.3 Å². The third-order valence-electron chi connectivity index (χ3n) is 5.48. The molecule has 0 aliphatic heterocycles. The van der Waals surface area contributed by atoms with Crippen LogP contribution in [-0.4, -0.2) is 36.5 Å². The highest BCUT2D eigenvalue weighted by Crippen LogP contribution is 2.27. The Morgan fingerprint density at radius 2 is 1.90 bits per heavy atom. The van der Waals surface area contributed by atoms with Gasteiger partial charge in [-0.05, 0) is 50.4 Å². The minimum absolute atomic E-state index is 0.355. The van der Waals surface area contributed by atoms with Crippen LogP contribution in [0.4, 0.5) is 0 Å². The monoisotopic (exact) mass is 297 g/mol. The molecule has 0 saturated heterocycles. The van der Waals surface area contributed by atoms with Gasteiger partial charge in [0, 0.05) is 12.6 Å². The van der Waals surface area contributed by atoms with E-state index in [1.807, 2.05) is 0 Å². The van der Waals surface area contributed by atoms with Crippen molar-refractivity contribution in [2.75, 3.05) is 13.2 Å². The van der Waals surface area contributed by atoms with Crippen LogP contribution in [0.5, 0.6) is 0 Å². The molecule has 124 valence electrons. The van der Waals surface area contributed by atoms with Gasteiger partial charge in [0.1, 0.15) is 0 Å². The smallest absolute Gasteiger partial charge is 0.0897 e. The molecule has 2 aliphatic carbocycles. The van der Waals surface area contributed by atoms with Crippen molar-refractivity contribution in [2.45, 2.75) is 89.9 Å². The Bertz CT molecular complexity index is 276. The zero-order valence-corrected chi connectivity index (χ0v) is 14.0. The standard InChI is InChI=1S/C18H35NO2/c1-3-15-7-9-16(10-8-15)19-12-17(20)13-21-18-6-4-5-14(2)11-18/h14-20H,3-13H2,1-2H3. The van der Waals surface area contributed by atoms with Crippen LogP contribution in [-0.2, 0) is 4.74 Å². The summed E-state index contributed by atoms with van der Waals surface area (Å²) in [4.78, 5) is 0. The zero-order valence-electron chi connectivity index (χ0n) is 14.0. The van der Waals surface area contributed by atoms with Crippen LogP contribution >= 0.6 is 0 Å². The van der Waals surface area contributed by atoms with E-state index in [-0.39, 0.29) is 6.10 Å². The molecule has 2 rings (SSSR count). The van der Waals surface area contributed by atoms with E-state index in [1.54, 1.807) is 0 Å². The Morgan fingerprint density at radius 3 is 2.57 bits per heavy atom. The molecule has 3 unspecified atom stereocenters. The number of nitrogens with one attached hydrogen (secondary N) is 1. The van der Waals surface area contributed by atoms with Gasteiger partial charge in [0.05, 0.1) is 18.8 Å². The maximum absolute atomic E-state index is 10.1. The summed E-state index contributed by atoms with van der Waals surface area (Å²) < 4.78 is 5.90. The summed E-state index contributed by atoms with van der Waals surface area (Å²) in [5, 5.41) is 13.6. The third-order valence-corrected chi connectivity index (χ3v) is 5.48. The van der Waals surface area contributed by atoms with E-state index in [2.05, 4.69) is 19.2 Å². The first-order valence-electron chi connectivity index (χ1n) is 9.20. The molecule has 0 aromatic heterocycles. The molecule has 3 heteroatoms. The minimum atomic E-state index is -0.355. The molecule has 0 spiro atoms. The highest BCUT2D eigenvalue weighted by atomic mass is 16.5. The first-order valence-corrected chi connectivity index (χ1v) is 9.20. The molecule has 2 aliphatic rings. The van der Waals surface area contributed by atoms with Crippen LogP contribution in [0.2, 0.25) is 0 Å². The highest BCUT2D eigenvalue weighted by Gasteiger charge is 2.22. The van der Waals surface area contributed by atoms with Gasteiger partial charge in [-0.15, -0.1) is 0 Å². The molecule has 0 aromatic carbocycles. The lowest BCUT2D eigenvalue weighted by Gasteiger charge is -2.30. The highest BCUT2D eigenvalue weighted by molar-refractivity contribution is 4.78. The first-order chi connectivity index (χ1) is 10.2. The van der Waals surface area contributed by atoms with Crippen LogP contribution in [0.15, 0.2) is 0 Å². The molecule has 2 saturated carbocycles. The molecule has 0 heterocycles. The summed E-state index contributed by atoms with van der Waals surface area (Å²) in [6.45, 7) is 5.78. The second kappa shape index (κ2) is 9.12. The summed E-state index contributed by atoms with van der Waals surface area (Å²) in [7, 11) is 0. The number of aliphatic hydroxyl groups excluding tert-OH is 1. The van der Waals surface area contributed by atoms with E-state index in [0.717, 1.165) is 11.8 Å². The van der Waals surface area contributed by atoms with Crippen molar-refractivity contribution in [1.29, 1.82) is 0 Å². The molecule has 0 amide bonds. The lowest BCUT2D eigenvalue weighted by molar-refractivity contribution is -0.0314. The fraction of sp³-hybridized carbons (Fsp3) is 1.00. The summed E-state index contributed by atoms with van der Waals surface area (Å²) in [6.07, 6.45) is 11.5. The Hall–Kier alpha value is -0.120. The van der Waals surface area contributed by atoms with Crippen LogP contribution in [0, 0.1) is 11.8 Å². The molecule has 0 bridgehead atoms. The maximum Gasteiger partial charge on any atom is 0.0897 e. The van der Waals surface area contributed by atoms with Crippen molar-refractivity contribution in [3.05, 3.63) is 0 Å². The van der Waals surface area contributed by atoms with E-state index in [1.165, 1.54) is 57.8 Å². The van der Waals surface area contributed by atoms with Crippen LogP contribution in [0.1, 0.15) is 71.6 Å². The van der Waals surface area contributed by atoms with Gasteiger partial charge in [0.15, 0.2) is 0 Å². The van der Waals surface area contributed by atoms with Crippen molar-refractivity contribution >= 4 is 0 Å². The zero-order chi connectivity index (χ0) is 15.1. The average molecular weight is 297 g/mol. The van der Waals surface area contributed by atoms with Crippen molar-refractivity contribution < 1.29 is 9.84 Å². The van der Waals surface area contributed by atoms with Gasteiger partial charge in [-0.2, -0.15) is 0 Å². The maximum atomic E-state index is 10.1. The fourth-order valence-corrected chi connectivity index (χ4v) is 3.91. The second-order valence-electron chi connectivity index (χ2n) is 7.42. The quantitative estimate of drug-likeness (QED) is 0.755. The summed E-state index contributed by atoms with van der Waals surface area (Å²) >= 11 is 0. The summed E-state index contributed by atoms with van der Waals surface area (Å²) in [5.74, 6) is 1.72. The van der Waals surface area contributed by atoms with Gasteiger partial charge in [-0.25, -0.2) is 0 Å². The van der Waals surface area contributed by atoms with Gasteiger partial charge in [0.2, 0.25) is 0 Å². The normalized spacial score (nSPS) is 35.6.